The van der Waals surface area contributed by atoms with E-state index >= 15 is 0 Å². The summed E-state index contributed by atoms with van der Waals surface area (Å²) in [5.74, 6) is 0. The van der Waals surface area contributed by atoms with Crippen molar-refractivity contribution >= 4 is 60.9 Å². The van der Waals surface area contributed by atoms with Crippen molar-refractivity contribution in [2.24, 2.45) is 0 Å². The molecule has 2 aliphatic carbocycles. The number of furan rings is 2. The molecule has 15 rings (SSSR count). The smallest absolute Gasteiger partial charge is 0.143 e. The molecule has 356 valence electrons. The third-order valence-electron chi connectivity index (χ3n) is 16.7. The average molecular weight is 962 g/mol. The predicted octanol–water partition coefficient (Wildman–Crippen LogP) is 20.2. The number of anilines is 3. The molecule has 75 heavy (non-hydrogen) atoms. The lowest BCUT2D eigenvalue weighted by Gasteiger charge is -2.30. The Balaban J connectivity index is 0.935. The van der Waals surface area contributed by atoms with Crippen LogP contribution >= 0.6 is 0 Å². The summed E-state index contributed by atoms with van der Waals surface area (Å²) in [6.07, 6.45) is 0. The third kappa shape index (κ3) is 6.54. The molecule has 0 fully saturated rings. The van der Waals surface area contributed by atoms with Gasteiger partial charge in [0.25, 0.3) is 0 Å². The van der Waals surface area contributed by atoms with Gasteiger partial charge >= 0.3 is 0 Å². The summed E-state index contributed by atoms with van der Waals surface area (Å²) in [5, 5.41) is 4.52. The van der Waals surface area contributed by atoms with Crippen LogP contribution in [0.3, 0.4) is 0 Å². The first-order chi connectivity index (χ1) is 36.7. The van der Waals surface area contributed by atoms with E-state index in [9.17, 15) is 0 Å². The molecule has 2 heterocycles. The molecule has 0 saturated carbocycles. The van der Waals surface area contributed by atoms with Crippen LogP contribution in [0, 0.1) is 0 Å². The molecule has 11 aromatic carbocycles. The molecule has 3 nitrogen and oxygen atoms in total. The minimum atomic E-state index is -0.310. The number of nitrogens with zero attached hydrogens (tertiary/aromatic N) is 1. The van der Waals surface area contributed by atoms with Crippen LogP contribution < -0.4 is 4.90 Å². The van der Waals surface area contributed by atoms with Crippen molar-refractivity contribution in [1.29, 1.82) is 0 Å². The van der Waals surface area contributed by atoms with Crippen molar-refractivity contribution in [3.8, 4) is 66.8 Å². The molecular formula is C72H51NO2. The van der Waals surface area contributed by atoms with Crippen LogP contribution in [0.25, 0.3) is 111 Å². The van der Waals surface area contributed by atoms with Crippen LogP contribution in [-0.4, -0.2) is 0 Å². The second kappa shape index (κ2) is 16.2. The van der Waals surface area contributed by atoms with E-state index in [0.717, 1.165) is 83.2 Å². The van der Waals surface area contributed by atoms with Crippen LogP contribution in [0.2, 0.25) is 0 Å². The molecule has 0 spiro atoms. The van der Waals surface area contributed by atoms with Gasteiger partial charge in [-0.1, -0.05) is 204 Å². The Morgan fingerprint density at radius 2 is 0.707 bits per heavy atom. The molecule has 0 bridgehead atoms. The Morgan fingerprint density at radius 1 is 0.280 bits per heavy atom. The lowest BCUT2D eigenvalue weighted by Crippen LogP contribution is -2.18. The number of benzene rings is 11. The van der Waals surface area contributed by atoms with Crippen LogP contribution in [0.4, 0.5) is 17.1 Å². The molecule has 0 atom stereocenters. The van der Waals surface area contributed by atoms with Crippen LogP contribution in [0.5, 0.6) is 0 Å². The van der Waals surface area contributed by atoms with Crippen molar-refractivity contribution in [3.63, 3.8) is 0 Å². The fourth-order valence-electron chi connectivity index (χ4n) is 12.9. The van der Waals surface area contributed by atoms with Crippen molar-refractivity contribution in [2.45, 2.75) is 38.5 Å². The quantitative estimate of drug-likeness (QED) is 0.159. The van der Waals surface area contributed by atoms with Gasteiger partial charge in [0.05, 0.1) is 0 Å². The van der Waals surface area contributed by atoms with Gasteiger partial charge in [0.15, 0.2) is 0 Å². The van der Waals surface area contributed by atoms with E-state index in [2.05, 4.69) is 257 Å². The summed E-state index contributed by atoms with van der Waals surface area (Å²) >= 11 is 0. The van der Waals surface area contributed by atoms with Crippen molar-refractivity contribution in [2.75, 3.05) is 4.90 Å². The van der Waals surface area contributed by atoms with Gasteiger partial charge in [0.1, 0.15) is 22.3 Å². The average Bonchev–Trinajstić information content (AvgIpc) is 4.22. The predicted molar refractivity (Wildman–Crippen MR) is 313 cm³/mol. The number of para-hydroxylation sites is 4. The number of hydrogen-bond acceptors (Lipinski definition) is 3. The second-order valence-electron chi connectivity index (χ2n) is 21.6. The minimum absolute atomic E-state index is 0.145. The number of rotatable bonds is 7. The van der Waals surface area contributed by atoms with E-state index in [1.807, 2.05) is 12.1 Å². The summed E-state index contributed by atoms with van der Waals surface area (Å²) in [4.78, 5) is 2.44. The molecule has 0 N–H and O–H groups in total. The van der Waals surface area contributed by atoms with E-state index in [1.165, 1.54) is 66.8 Å². The van der Waals surface area contributed by atoms with Gasteiger partial charge in [-0.2, -0.15) is 0 Å². The summed E-state index contributed by atoms with van der Waals surface area (Å²) in [7, 11) is 0. The second-order valence-corrected chi connectivity index (χ2v) is 21.6. The molecule has 3 heteroatoms. The summed E-state index contributed by atoms with van der Waals surface area (Å²) in [5.41, 5.74) is 26.3. The standard InChI is InChI=1S/C72H51NO2/c1-71(2)63-25-11-8-18-54(63)60-42-65-61(43-64(60)71)62-41-51(40-59(68(62)72(65,3)4)48-30-28-46(29-31-48)52-21-14-23-57-55-19-9-12-26-66(55)74-69(52)57)73(49-36-32-45(33-37-49)44-16-6-5-7-17-44)50-38-34-47(35-39-50)53-22-15-24-58-56-20-10-13-27-67(56)75-70(53)58/h5-43H,1-4H3. The Hall–Kier alpha value is -9.18. The largest absolute Gasteiger partial charge is 0.455 e. The first-order valence-corrected chi connectivity index (χ1v) is 26.1. The lowest BCUT2D eigenvalue weighted by molar-refractivity contribution is 0.653. The zero-order chi connectivity index (χ0) is 50.2. The van der Waals surface area contributed by atoms with Gasteiger partial charge in [0.2, 0.25) is 0 Å². The summed E-state index contributed by atoms with van der Waals surface area (Å²) in [6.45, 7) is 9.63. The highest BCUT2D eigenvalue weighted by atomic mass is 16.3. The minimum Gasteiger partial charge on any atom is -0.455 e. The Morgan fingerprint density at radius 3 is 1.31 bits per heavy atom. The van der Waals surface area contributed by atoms with Crippen molar-refractivity contribution in [3.05, 3.63) is 259 Å². The molecule has 13 aromatic rings. The van der Waals surface area contributed by atoms with E-state index in [1.54, 1.807) is 0 Å². The zero-order valence-electron chi connectivity index (χ0n) is 42.3. The first-order valence-electron chi connectivity index (χ1n) is 26.1. The maximum atomic E-state index is 6.56. The van der Waals surface area contributed by atoms with E-state index in [-0.39, 0.29) is 10.8 Å². The summed E-state index contributed by atoms with van der Waals surface area (Å²) < 4.78 is 13.1. The Bertz CT molecular complexity index is 4440. The Kier molecular flexibility index (Phi) is 9.35. The molecule has 0 saturated heterocycles. The zero-order valence-corrected chi connectivity index (χ0v) is 42.3. The van der Waals surface area contributed by atoms with Gasteiger partial charge < -0.3 is 13.7 Å². The highest BCUT2D eigenvalue weighted by Crippen LogP contribution is 2.59. The third-order valence-corrected chi connectivity index (χ3v) is 16.7. The topological polar surface area (TPSA) is 29.5 Å². The number of hydrogen-bond donors (Lipinski definition) is 0. The van der Waals surface area contributed by atoms with Crippen molar-refractivity contribution < 1.29 is 8.83 Å². The molecule has 0 aliphatic heterocycles. The van der Waals surface area contributed by atoms with Gasteiger partial charge in [-0.25, -0.2) is 0 Å². The maximum absolute atomic E-state index is 6.56. The monoisotopic (exact) mass is 961 g/mol. The number of fused-ring (bicyclic) bond motifs is 12. The molecular weight excluding hydrogens is 911 g/mol. The molecule has 2 aromatic heterocycles. The van der Waals surface area contributed by atoms with Gasteiger partial charge in [0, 0.05) is 60.6 Å². The molecule has 0 radical (unpaired) electrons. The normalized spacial score (nSPS) is 13.8. The van der Waals surface area contributed by atoms with Crippen LogP contribution in [-0.2, 0) is 10.8 Å². The van der Waals surface area contributed by atoms with Gasteiger partial charge in [-0.15, -0.1) is 0 Å². The molecule has 0 unspecified atom stereocenters. The molecule has 2 aliphatic rings. The fraction of sp³-hybridized carbons (Fsp3) is 0.0833. The van der Waals surface area contributed by atoms with Gasteiger partial charge in [-0.05, 0) is 139 Å². The SMILES string of the molecule is CC1(C)c2ccccc2-c2cc3c(cc21)-c1cc(N(c2ccc(-c4ccccc4)cc2)c2ccc(-c4cccc5c4oc4ccccc45)cc2)cc(-c2ccc(-c4cccc5c4oc4ccccc45)cc2)c1C3(C)C. The lowest BCUT2D eigenvalue weighted by atomic mass is 9.77. The fourth-order valence-corrected chi connectivity index (χ4v) is 12.9. The first kappa shape index (κ1) is 43.4. The maximum Gasteiger partial charge on any atom is 0.143 e. The highest BCUT2D eigenvalue weighted by Gasteiger charge is 2.43. The van der Waals surface area contributed by atoms with Gasteiger partial charge in [-0.3, -0.25) is 0 Å². The van der Waals surface area contributed by atoms with E-state index < -0.39 is 0 Å². The van der Waals surface area contributed by atoms with Crippen LogP contribution in [0.1, 0.15) is 49.9 Å². The van der Waals surface area contributed by atoms with E-state index in [0.29, 0.717) is 0 Å². The highest BCUT2D eigenvalue weighted by molar-refractivity contribution is 6.11. The van der Waals surface area contributed by atoms with Crippen LogP contribution in [0.15, 0.2) is 245 Å². The summed E-state index contributed by atoms with van der Waals surface area (Å²) in [6, 6.07) is 86.5. The Labute approximate surface area is 436 Å². The van der Waals surface area contributed by atoms with E-state index in [4.69, 9.17) is 8.83 Å². The molecule has 0 amide bonds. The van der Waals surface area contributed by atoms with Crippen molar-refractivity contribution in [1.82, 2.24) is 0 Å².